The first-order valence-electron chi connectivity index (χ1n) is 10.5. The van der Waals surface area contributed by atoms with Gasteiger partial charge in [-0.05, 0) is 23.3 Å². The van der Waals surface area contributed by atoms with E-state index in [9.17, 15) is 4.79 Å². The van der Waals surface area contributed by atoms with Crippen molar-refractivity contribution in [3.63, 3.8) is 0 Å². The van der Waals surface area contributed by atoms with Crippen LogP contribution in [0.4, 0.5) is 0 Å². The van der Waals surface area contributed by atoms with Gasteiger partial charge in [-0.1, -0.05) is 78.5 Å². The summed E-state index contributed by atoms with van der Waals surface area (Å²) < 4.78 is 12.3. The molecule has 2 heterocycles. The summed E-state index contributed by atoms with van der Waals surface area (Å²) in [6.45, 7) is -0.0139. The van der Waals surface area contributed by atoms with Crippen molar-refractivity contribution >= 4 is 29.1 Å². The van der Waals surface area contributed by atoms with Gasteiger partial charge in [-0.15, -0.1) is 11.3 Å². The third-order valence-electron chi connectivity index (χ3n) is 5.39. The molecule has 0 fully saturated rings. The Labute approximate surface area is 200 Å². The Balaban J connectivity index is 1.39. The summed E-state index contributed by atoms with van der Waals surface area (Å²) in [4.78, 5) is 16.9. The monoisotopic (exact) mass is 475 g/mol. The molecule has 3 aromatic carbocycles. The number of rotatable bonds is 8. The maximum atomic E-state index is 10.9. The fourth-order valence-electron chi connectivity index (χ4n) is 3.85. The van der Waals surface area contributed by atoms with Crippen LogP contribution in [0.5, 0.6) is 11.5 Å². The number of carboxylic acids is 1. The number of carboxylic acid groups (broad SMARTS) is 1. The van der Waals surface area contributed by atoms with Crippen molar-refractivity contribution in [1.29, 1.82) is 0 Å². The molecule has 0 saturated heterocycles. The minimum absolute atomic E-state index is 0.262. The Hall–Kier alpha value is -3.29. The summed E-state index contributed by atoms with van der Waals surface area (Å²) in [6, 6.07) is 26.6. The highest BCUT2D eigenvalue weighted by molar-refractivity contribution is 8.01. The van der Waals surface area contributed by atoms with Gasteiger partial charge in [0, 0.05) is 17.2 Å². The van der Waals surface area contributed by atoms with Crippen LogP contribution in [0.15, 0.2) is 83.2 Å². The second-order valence-electron chi connectivity index (χ2n) is 7.54. The van der Waals surface area contributed by atoms with Gasteiger partial charge in [-0.25, -0.2) is 9.78 Å². The molecular formula is C26H21NO4S2. The summed E-state index contributed by atoms with van der Waals surface area (Å²) in [5.74, 6) is 1.09. The van der Waals surface area contributed by atoms with Crippen LogP contribution in [-0.4, -0.2) is 28.4 Å². The molecular weight excluding hydrogens is 454 g/mol. The molecule has 4 aromatic rings. The van der Waals surface area contributed by atoms with Crippen molar-refractivity contribution in [2.75, 3.05) is 12.4 Å². The van der Waals surface area contributed by atoms with E-state index in [4.69, 9.17) is 19.6 Å². The Morgan fingerprint density at radius 3 is 2.39 bits per heavy atom. The fraction of sp³-hybridized carbons (Fsp3) is 0.154. The number of thioether (sulfide) groups is 1. The van der Waals surface area contributed by atoms with Crippen molar-refractivity contribution in [1.82, 2.24) is 4.98 Å². The van der Waals surface area contributed by atoms with Crippen LogP contribution in [-0.2, 0) is 11.4 Å². The van der Waals surface area contributed by atoms with Crippen molar-refractivity contribution in [3.8, 4) is 22.8 Å². The summed E-state index contributed by atoms with van der Waals surface area (Å²) in [7, 11) is 0. The number of aromatic nitrogens is 1. The Morgan fingerprint density at radius 2 is 1.73 bits per heavy atom. The van der Waals surface area contributed by atoms with E-state index in [1.807, 2.05) is 24.3 Å². The van der Waals surface area contributed by atoms with E-state index in [2.05, 4.69) is 48.5 Å². The number of nitrogens with zero attached hydrogens (tertiary/aromatic N) is 1. The Kier molecular flexibility index (Phi) is 6.32. The first-order valence-corrected chi connectivity index (χ1v) is 12.3. The van der Waals surface area contributed by atoms with Crippen molar-refractivity contribution < 1.29 is 19.4 Å². The zero-order valence-corrected chi connectivity index (χ0v) is 19.3. The maximum Gasteiger partial charge on any atom is 0.341 e. The van der Waals surface area contributed by atoms with Crippen LogP contribution < -0.4 is 9.47 Å². The van der Waals surface area contributed by atoms with Gasteiger partial charge < -0.3 is 14.6 Å². The van der Waals surface area contributed by atoms with Gasteiger partial charge >= 0.3 is 5.97 Å². The van der Waals surface area contributed by atoms with Gasteiger partial charge in [0.25, 0.3) is 0 Å². The van der Waals surface area contributed by atoms with Crippen LogP contribution in [0.3, 0.4) is 0 Å². The molecule has 5 nitrogen and oxygen atoms in total. The summed E-state index contributed by atoms with van der Waals surface area (Å²) in [5.41, 5.74) is 4.29. The summed E-state index contributed by atoms with van der Waals surface area (Å²) in [5, 5.41) is 8.93. The average molecular weight is 476 g/mol. The van der Waals surface area contributed by atoms with Gasteiger partial charge in [-0.3, -0.25) is 0 Å². The number of hydrogen-bond donors (Lipinski definition) is 1. The molecule has 7 heteroatoms. The zero-order chi connectivity index (χ0) is 22.6. The van der Waals surface area contributed by atoms with Gasteiger partial charge in [0.15, 0.2) is 22.4 Å². The molecule has 0 amide bonds. The first-order chi connectivity index (χ1) is 16.2. The minimum Gasteiger partial charge on any atom is -0.483 e. The number of para-hydroxylation sites is 1. The van der Waals surface area contributed by atoms with Crippen molar-refractivity contribution in [2.45, 2.75) is 16.9 Å². The number of aliphatic carboxylic acids is 1. The highest BCUT2D eigenvalue weighted by Gasteiger charge is 2.26. The third-order valence-corrected chi connectivity index (χ3v) is 7.65. The molecule has 0 saturated carbocycles. The molecule has 1 N–H and O–H groups in total. The second-order valence-corrected chi connectivity index (χ2v) is 9.89. The minimum atomic E-state index is -1.03. The van der Waals surface area contributed by atoms with E-state index < -0.39 is 12.6 Å². The lowest BCUT2D eigenvalue weighted by Gasteiger charge is -2.19. The molecule has 33 heavy (non-hydrogen) atoms. The smallest absolute Gasteiger partial charge is 0.341 e. The fourth-order valence-corrected chi connectivity index (χ4v) is 6.16. The SMILES string of the molecule is O=C(O)COc1cccc2c1OCc1sc(SCC(c3ccccc3)c3ccccc3)nc1-2. The number of hydrogen-bond acceptors (Lipinski definition) is 6. The van der Waals surface area contributed by atoms with E-state index in [0.29, 0.717) is 18.1 Å². The van der Waals surface area contributed by atoms with Gasteiger partial charge in [0.1, 0.15) is 6.61 Å². The quantitative estimate of drug-likeness (QED) is 0.311. The van der Waals surface area contributed by atoms with E-state index in [0.717, 1.165) is 26.2 Å². The molecule has 5 rings (SSSR count). The molecule has 1 aliphatic heterocycles. The Morgan fingerprint density at radius 1 is 1.03 bits per heavy atom. The van der Waals surface area contributed by atoms with Crippen LogP contribution >= 0.6 is 23.1 Å². The predicted molar refractivity (Wildman–Crippen MR) is 130 cm³/mol. The first kappa shape index (κ1) is 21.6. The molecule has 1 aromatic heterocycles. The normalized spacial score (nSPS) is 12.0. The van der Waals surface area contributed by atoms with E-state index in [-0.39, 0.29) is 5.92 Å². The Bertz CT molecular complexity index is 1220. The van der Waals surface area contributed by atoms with Gasteiger partial charge in [0.2, 0.25) is 0 Å². The third kappa shape index (κ3) is 4.74. The number of carbonyl (C=O) groups is 1. The van der Waals surface area contributed by atoms with Gasteiger partial charge in [0.05, 0.1) is 10.6 Å². The largest absolute Gasteiger partial charge is 0.483 e. The average Bonchev–Trinajstić information content (AvgIpc) is 3.28. The molecule has 1 aliphatic rings. The lowest BCUT2D eigenvalue weighted by atomic mass is 9.93. The molecule has 0 radical (unpaired) electrons. The van der Waals surface area contributed by atoms with Crippen molar-refractivity contribution in [3.05, 3.63) is 94.9 Å². The van der Waals surface area contributed by atoms with E-state index >= 15 is 0 Å². The maximum absolute atomic E-state index is 10.9. The zero-order valence-electron chi connectivity index (χ0n) is 17.6. The molecule has 166 valence electrons. The lowest BCUT2D eigenvalue weighted by Crippen LogP contribution is -2.11. The van der Waals surface area contributed by atoms with Crippen molar-refractivity contribution in [2.24, 2.45) is 0 Å². The molecule has 0 bridgehead atoms. The van der Waals surface area contributed by atoms with Crippen LogP contribution in [0, 0.1) is 0 Å². The van der Waals surface area contributed by atoms with E-state index in [1.165, 1.54) is 11.1 Å². The van der Waals surface area contributed by atoms with Gasteiger partial charge in [-0.2, -0.15) is 0 Å². The molecule has 0 atom stereocenters. The summed E-state index contributed by atoms with van der Waals surface area (Å²) >= 11 is 3.39. The van der Waals surface area contributed by atoms with Crippen LogP contribution in [0.1, 0.15) is 21.9 Å². The van der Waals surface area contributed by atoms with Crippen LogP contribution in [0.2, 0.25) is 0 Å². The second kappa shape index (κ2) is 9.68. The number of benzene rings is 3. The number of fused-ring (bicyclic) bond motifs is 3. The summed E-state index contributed by atoms with van der Waals surface area (Å²) in [6.07, 6.45) is 0. The standard InChI is InChI=1S/C26H21NO4S2/c28-23(29)15-30-21-13-7-12-19-24-22(14-31-25(19)21)33-26(27-24)32-16-20(17-8-3-1-4-9-17)18-10-5-2-6-11-18/h1-13,20H,14-16H2,(H,28,29). The predicted octanol–water partition coefficient (Wildman–Crippen LogP) is 6.09. The van der Waals surface area contributed by atoms with Crippen LogP contribution in [0.25, 0.3) is 11.3 Å². The van der Waals surface area contributed by atoms with E-state index in [1.54, 1.807) is 29.2 Å². The molecule has 0 spiro atoms. The molecule has 0 aliphatic carbocycles. The molecule has 0 unspecified atom stereocenters. The highest BCUT2D eigenvalue weighted by atomic mass is 32.2. The lowest BCUT2D eigenvalue weighted by molar-refractivity contribution is -0.139. The number of thiazole rings is 1. The highest BCUT2D eigenvalue weighted by Crippen LogP contribution is 2.46. The number of ether oxygens (including phenoxy) is 2. The topological polar surface area (TPSA) is 68.7 Å².